The molecule has 2 aromatic rings. The van der Waals surface area contributed by atoms with Gasteiger partial charge in [0.1, 0.15) is 35.3 Å². The summed E-state index contributed by atoms with van der Waals surface area (Å²) in [5, 5.41) is 0. The Balaban J connectivity index is 1.86. The highest BCUT2D eigenvalue weighted by molar-refractivity contribution is 7.80. The Labute approximate surface area is 167 Å². The lowest BCUT2D eigenvalue weighted by Gasteiger charge is -2.31. The molecule has 0 aliphatic carbocycles. The van der Waals surface area contributed by atoms with E-state index < -0.39 is 12.2 Å². The molecular weight excluding hydrogens is 381 g/mol. The molecular formula is C19H20FN5O2S. The standard InChI is InChI=1S/C19H20FN5O2S/c1-11-4-12(18(22)28)7-24-17(11)15(26)6-14-5-13(2-3-23-14)19(9-20)10-27-8-16(21)25-19/h2-5,7H,6,8-10H2,1H3,(H2,21,25)(H2,22,28). The first-order chi connectivity index (χ1) is 13.3. The number of hydrogen-bond acceptors (Lipinski definition) is 7. The average Bonchev–Trinajstić information content (AvgIpc) is 2.67. The second-order valence-corrected chi connectivity index (χ2v) is 7.09. The molecule has 0 bridgehead atoms. The molecule has 4 N–H and O–H groups in total. The Morgan fingerprint density at radius 1 is 1.39 bits per heavy atom. The molecule has 7 nitrogen and oxygen atoms in total. The number of thiocarbonyl (C=S) groups is 1. The van der Waals surface area contributed by atoms with Crippen molar-refractivity contribution >= 4 is 28.8 Å². The summed E-state index contributed by atoms with van der Waals surface area (Å²) < 4.78 is 19.2. The van der Waals surface area contributed by atoms with Gasteiger partial charge in [-0.2, -0.15) is 0 Å². The Kier molecular flexibility index (Phi) is 5.76. The van der Waals surface area contributed by atoms with Crippen LogP contribution in [0.5, 0.6) is 0 Å². The van der Waals surface area contributed by atoms with Crippen LogP contribution >= 0.6 is 12.2 Å². The number of nitrogens with two attached hydrogens (primary N) is 2. The largest absolute Gasteiger partial charge is 0.389 e. The van der Waals surface area contributed by atoms with Crippen LogP contribution < -0.4 is 11.5 Å². The normalized spacial score (nSPS) is 19.1. The topological polar surface area (TPSA) is 116 Å². The Bertz CT molecular complexity index is 965. The molecule has 0 radical (unpaired) electrons. The molecule has 1 aliphatic heterocycles. The fourth-order valence-corrected chi connectivity index (χ4v) is 3.18. The van der Waals surface area contributed by atoms with E-state index in [1.54, 1.807) is 25.1 Å². The van der Waals surface area contributed by atoms with Crippen molar-refractivity contribution in [2.24, 2.45) is 16.5 Å². The van der Waals surface area contributed by atoms with E-state index in [9.17, 15) is 9.18 Å². The van der Waals surface area contributed by atoms with Gasteiger partial charge in [0.25, 0.3) is 0 Å². The Morgan fingerprint density at radius 3 is 2.82 bits per heavy atom. The van der Waals surface area contributed by atoms with Crippen LogP contribution in [0.15, 0.2) is 35.6 Å². The van der Waals surface area contributed by atoms with Gasteiger partial charge in [-0.1, -0.05) is 12.2 Å². The minimum Gasteiger partial charge on any atom is -0.389 e. The van der Waals surface area contributed by atoms with Crippen molar-refractivity contribution in [3.63, 3.8) is 0 Å². The maximum Gasteiger partial charge on any atom is 0.187 e. The lowest BCUT2D eigenvalue weighted by molar-refractivity contribution is 0.0826. The third-order valence-electron chi connectivity index (χ3n) is 4.49. The van der Waals surface area contributed by atoms with Gasteiger partial charge in [0.05, 0.1) is 13.0 Å². The van der Waals surface area contributed by atoms with Gasteiger partial charge < -0.3 is 16.2 Å². The molecule has 1 atom stereocenters. The minimum absolute atomic E-state index is 0.0104. The second-order valence-electron chi connectivity index (χ2n) is 6.65. The summed E-state index contributed by atoms with van der Waals surface area (Å²) in [4.78, 5) is 25.6. The molecule has 0 aromatic carbocycles. The number of ketones is 1. The summed E-state index contributed by atoms with van der Waals surface area (Å²) >= 11 is 4.92. The maximum atomic E-state index is 13.8. The van der Waals surface area contributed by atoms with Crippen molar-refractivity contribution in [2.45, 2.75) is 18.9 Å². The van der Waals surface area contributed by atoms with Crippen molar-refractivity contribution in [1.82, 2.24) is 9.97 Å². The van der Waals surface area contributed by atoms with Crippen LogP contribution in [0.25, 0.3) is 0 Å². The predicted molar refractivity (Wildman–Crippen MR) is 107 cm³/mol. The molecule has 3 heterocycles. The SMILES string of the molecule is Cc1cc(C(N)=S)cnc1C(=O)Cc1cc(C2(CF)COCC(N)=N2)ccn1. The number of alkyl halides is 1. The molecule has 0 saturated heterocycles. The van der Waals surface area contributed by atoms with Gasteiger partial charge in [-0.3, -0.25) is 19.8 Å². The van der Waals surface area contributed by atoms with Gasteiger partial charge in [-0.25, -0.2) is 4.39 Å². The van der Waals surface area contributed by atoms with Crippen LogP contribution in [0.3, 0.4) is 0 Å². The van der Waals surface area contributed by atoms with Crippen molar-refractivity contribution in [3.05, 3.63) is 58.7 Å². The number of halogens is 1. The van der Waals surface area contributed by atoms with Gasteiger partial charge in [-0.05, 0) is 36.2 Å². The van der Waals surface area contributed by atoms with Crippen molar-refractivity contribution in [3.8, 4) is 0 Å². The van der Waals surface area contributed by atoms with Crippen molar-refractivity contribution < 1.29 is 13.9 Å². The highest BCUT2D eigenvalue weighted by Gasteiger charge is 2.36. The number of aliphatic imine (C=N–C) groups is 1. The van der Waals surface area contributed by atoms with Gasteiger partial charge in [0, 0.05) is 23.7 Å². The molecule has 0 spiro atoms. The number of aromatic nitrogens is 2. The number of carbonyl (C=O) groups is 1. The summed E-state index contributed by atoms with van der Waals surface area (Å²) in [6, 6.07) is 5.03. The number of rotatable bonds is 6. The summed E-state index contributed by atoms with van der Waals surface area (Å²) in [6.07, 6.45) is 3.00. The first-order valence-corrected chi connectivity index (χ1v) is 8.98. The molecule has 1 unspecified atom stereocenters. The van der Waals surface area contributed by atoms with Crippen molar-refractivity contribution in [2.75, 3.05) is 19.9 Å². The molecule has 3 rings (SSSR count). The molecule has 9 heteroatoms. The fourth-order valence-electron chi connectivity index (χ4n) is 3.07. The van der Waals surface area contributed by atoms with E-state index in [-0.39, 0.29) is 36.2 Å². The van der Waals surface area contributed by atoms with E-state index in [1.165, 1.54) is 12.4 Å². The van der Waals surface area contributed by atoms with E-state index in [0.29, 0.717) is 28.1 Å². The zero-order valence-electron chi connectivity index (χ0n) is 15.3. The second kappa shape index (κ2) is 8.07. The number of ether oxygens (including phenoxy) is 1. The Hall–Kier alpha value is -2.78. The number of Topliss-reactive ketones (excluding diaryl/α,β-unsaturated/α-hetero) is 1. The van der Waals surface area contributed by atoms with Gasteiger partial charge in [-0.15, -0.1) is 0 Å². The summed E-state index contributed by atoms with van der Waals surface area (Å²) in [6.45, 7) is 1.24. The summed E-state index contributed by atoms with van der Waals surface area (Å²) in [5.41, 5.74) is 12.7. The number of amidine groups is 1. The lowest BCUT2D eigenvalue weighted by atomic mass is 9.91. The van der Waals surface area contributed by atoms with E-state index in [2.05, 4.69) is 15.0 Å². The highest BCUT2D eigenvalue weighted by atomic mass is 32.1. The monoisotopic (exact) mass is 401 g/mol. The summed E-state index contributed by atoms with van der Waals surface area (Å²) in [7, 11) is 0. The first-order valence-electron chi connectivity index (χ1n) is 8.57. The van der Waals surface area contributed by atoms with Gasteiger partial charge >= 0.3 is 0 Å². The summed E-state index contributed by atoms with van der Waals surface area (Å²) in [5.74, 6) is 0.0184. The number of nitrogens with zero attached hydrogens (tertiary/aromatic N) is 3. The lowest BCUT2D eigenvalue weighted by Crippen LogP contribution is -2.41. The molecule has 2 aromatic heterocycles. The third kappa shape index (κ3) is 4.05. The van der Waals surface area contributed by atoms with Crippen LogP contribution in [-0.4, -0.2) is 46.5 Å². The first kappa shape index (κ1) is 20.0. The average molecular weight is 401 g/mol. The Morgan fingerprint density at radius 2 is 2.18 bits per heavy atom. The molecule has 0 fully saturated rings. The highest BCUT2D eigenvalue weighted by Crippen LogP contribution is 2.30. The van der Waals surface area contributed by atoms with E-state index in [4.69, 9.17) is 28.4 Å². The zero-order chi connectivity index (χ0) is 20.3. The van der Waals surface area contributed by atoms with Gasteiger partial charge in [0.15, 0.2) is 5.78 Å². The predicted octanol–water partition coefficient (Wildman–Crippen LogP) is 1.40. The third-order valence-corrected chi connectivity index (χ3v) is 4.73. The van der Waals surface area contributed by atoms with Gasteiger partial charge in [0.2, 0.25) is 0 Å². The zero-order valence-corrected chi connectivity index (χ0v) is 16.1. The number of aryl methyl sites for hydroxylation is 1. The quantitative estimate of drug-likeness (QED) is 0.555. The molecule has 0 saturated carbocycles. The number of pyridine rings is 2. The van der Waals surface area contributed by atoms with E-state index in [0.717, 1.165) is 0 Å². The van der Waals surface area contributed by atoms with Crippen LogP contribution in [0.1, 0.15) is 32.9 Å². The van der Waals surface area contributed by atoms with Crippen molar-refractivity contribution in [1.29, 1.82) is 0 Å². The molecule has 146 valence electrons. The number of hydrogen-bond donors (Lipinski definition) is 2. The van der Waals surface area contributed by atoms with Crippen LogP contribution in [0.4, 0.5) is 4.39 Å². The van der Waals surface area contributed by atoms with Crippen LogP contribution in [-0.2, 0) is 16.7 Å². The number of carbonyl (C=O) groups excluding carboxylic acids is 1. The van der Waals surface area contributed by atoms with E-state index in [1.807, 2.05) is 0 Å². The van der Waals surface area contributed by atoms with E-state index >= 15 is 0 Å². The van der Waals surface area contributed by atoms with Crippen LogP contribution in [0, 0.1) is 6.92 Å². The van der Waals surface area contributed by atoms with Crippen LogP contribution in [0.2, 0.25) is 0 Å². The maximum absolute atomic E-state index is 13.8. The molecule has 1 aliphatic rings. The fraction of sp³-hybridized carbons (Fsp3) is 0.316. The molecule has 28 heavy (non-hydrogen) atoms. The molecule has 0 amide bonds. The smallest absolute Gasteiger partial charge is 0.187 e. The minimum atomic E-state index is -1.21.